The molecule has 2 aromatic carbocycles. The molecular formula is C22H19F4N5O. The Morgan fingerprint density at radius 2 is 1.97 bits per heavy atom. The molecule has 0 aliphatic carbocycles. The van der Waals surface area contributed by atoms with Crippen molar-refractivity contribution in [3.63, 3.8) is 0 Å². The van der Waals surface area contributed by atoms with E-state index in [2.05, 4.69) is 20.1 Å². The van der Waals surface area contributed by atoms with Gasteiger partial charge in [0.1, 0.15) is 11.3 Å². The van der Waals surface area contributed by atoms with Crippen molar-refractivity contribution >= 4 is 16.7 Å². The summed E-state index contributed by atoms with van der Waals surface area (Å²) in [5.41, 5.74) is 0.491. The highest BCUT2D eigenvalue weighted by Crippen LogP contribution is 2.41. The van der Waals surface area contributed by atoms with Crippen LogP contribution in [-0.2, 0) is 6.18 Å². The summed E-state index contributed by atoms with van der Waals surface area (Å²) in [4.78, 5) is 12.7. The molecule has 0 amide bonds. The molecule has 4 aromatic rings. The van der Waals surface area contributed by atoms with Gasteiger partial charge in [0.25, 0.3) is 5.89 Å². The predicted octanol–water partition coefficient (Wildman–Crippen LogP) is 5.82. The summed E-state index contributed by atoms with van der Waals surface area (Å²) in [6.07, 6.45) is -0.467. The maximum Gasteiger partial charge on any atom is 0.418 e. The number of H-pyrrole nitrogens is 1. The number of hydrogen-bond acceptors (Lipinski definition) is 5. The van der Waals surface area contributed by atoms with Gasteiger partial charge in [-0.05, 0) is 56.5 Å². The van der Waals surface area contributed by atoms with Crippen LogP contribution >= 0.6 is 0 Å². The van der Waals surface area contributed by atoms with Gasteiger partial charge in [0, 0.05) is 29.4 Å². The standard InChI is InChI=1S/C22H19F4N5O/c1-12-4-2-3-7-31(12)18-6-5-13(8-15(18)22(24,25)26)21-29-20(30-32-21)14-9-16(23)19-17(10-14)27-11-28-19/h5-6,8-12H,2-4,7H2,1H3,(H,27,28). The van der Waals surface area contributed by atoms with E-state index >= 15 is 0 Å². The summed E-state index contributed by atoms with van der Waals surface area (Å²) < 4.78 is 61.2. The highest BCUT2D eigenvalue weighted by molar-refractivity contribution is 5.80. The molecule has 1 fully saturated rings. The fraction of sp³-hybridized carbons (Fsp3) is 0.318. The molecule has 1 aliphatic heterocycles. The van der Waals surface area contributed by atoms with Crippen molar-refractivity contribution in [1.29, 1.82) is 0 Å². The fourth-order valence-electron chi connectivity index (χ4n) is 4.19. The Morgan fingerprint density at radius 1 is 1.12 bits per heavy atom. The van der Waals surface area contributed by atoms with Gasteiger partial charge in [0.15, 0.2) is 0 Å². The molecule has 6 nitrogen and oxygen atoms in total. The van der Waals surface area contributed by atoms with Gasteiger partial charge in [-0.3, -0.25) is 0 Å². The molecule has 166 valence electrons. The molecular weight excluding hydrogens is 426 g/mol. The lowest BCUT2D eigenvalue weighted by Crippen LogP contribution is -2.38. The number of alkyl halides is 3. The molecule has 1 atom stereocenters. The van der Waals surface area contributed by atoms with Crippen LogP contribution in [0.25, 0.3) is 33.9 Å². The Hall–Kier alpha value is -3.43. The van der Waals surface area contributed by atoms with Crippen LogP contribution in [-0.4, -0.2) is 32.7 Å². The second-order valence-electron chi connectivity index (χ2n) is 7.95. The summed E-state index contributed by atoms with van der Waals surface area (Å²) >= 11 is 0. The highest BCUT2D eigenvalue weighted by atomic mass is 19.4. The lowest BCUT2D eigenvalue weighted by molar-refractivity contribution is -0.137. The fourth-order valence-corrected chi connectivity index (χ4v) is 4.19. The maximum atomic E-state index is 14.2. The van der Waals surface area contributed by atoms with Crippen molar-refractivity contribution in [1.82, 2.24) is 20.1 Å². The Morgan fingerprint density at radius 3 is 2.75 bits per heavy atom. The lowest BCUT2D eigenvalue weighted by Gasteiger charge is -2.37. The van der Waals surface area contributed by atoms with Crippen LogP contribution in [0.3, 0.4) is 0 Å². The van der Waals surface area contributed by atoms with Gasteiger partial charge in [-0.25, -0.2) is 9.37 Å². The second-order valence-corrected chi connectivity index (χ2v) is 7.95. The molecule has 0 radical (unpaired) electrons. The van der Waals surface area contributed by atoms with Gasteiger partial charge in [-0.1, -0.05) is 5.16 Å². The van der Waals surface area contributed by atoms with E-state index in [1.807, 2.05) is 6.92 Å². The first kappa shape index (κ1) is 20.5. The van der Waals surface area contributed by atoms with Crippen LogP contribution in [0.5, 0.6) is 0 Å². The van der Waals surface area contributed by atoms with Gasteiger partial charge < -0.3 is 14.4 Å². The number of aromatic nitrogens is 4. The number of benzene rings is 2. The molecule has 32 heavy (non-hydrogen) atoms. The summed E-state index contributed by atoms with van der Waals surface area (Å²) in [5.74, 6) is -0.557. The minimum atomic E-state index is -4.54. The van der Waals surface area contributed by atoms with Crippen molar-refractivity contribution in [3.05, 3.63) is 48.0 Å². The monoisotopic (exact) mass is 445 g/mol. The van der Waals surface area contributed by atoms with E-state index in [1.165, 1.54) is 18.5 Å². The minimum absolute atomic E-state index is 0.0255. The van der Waals surface area contributed by atoms with E-state index in [4.69, 9.17) is 4.52 Å². The smallest absolute Gasteiger partial charge is 0.368 e. The van der Waals surface area contributed by atoms with Gasteiger partial charge >= 0.3 is 6.18 Å². The number of nitrogens with zero attached hydrogens (tertiary/aromatic N) is 4. The normalized spacial score (nSPS) is 17.3. The van der Waals surface area contributed by atoms with Crippen LogP contribution in [0.1, 0.15) is 31.7 Å². The number of fused-ring (bicyclic) bond motifs is 1. The van der Waals surface area contributed by atoms with E-state index in [9.17, 15) is 17.6 Å². The quantitative estimate of drug-likeness (QED) is 0.403. The van der Waals surface area contributed by atoms with E-state index < -0.39 is 17.6 Å². The number of hydrogen-bond donors (Lipinski definition) is 1. The Kier molecular flexibility index (Phi) is 4.87. The molecule has 5 rings (SSSR count). The third kappa shape index (κ3) is 3.59. The van der Waals surface area contributed by atoms with Gasteiger partial charge in [0.2, 0.25) is 5.82 Å². The van der Waals surface area contributed by atoms with Crippen molar-refractivity contribution in [2.45, 2.75) is 38.4 Å². The van der Waals surface area contributed by atoms with Gasteiger partial charge in [-0.15, -0.1) is 0 Å². The molecule has 10 heteroatoms. The zero-order valence-electron chi connectivity index (χ0n) is 17.1. The number of halogens is 4. The molecule has 3 heterocycles. The average molecular weight is 445 g/mol. The number of aromatic amines is 1. The highest BCUT2D eigenvalue weighted by Gasteiger charge is 2.37. The summed E-state index contributed by atoms with van der Waals surface area (Å²) in [6.45, 7) is 2.52. The first-order valence-electron chi connectivity index (χ1n) is 10.3. The topological polar surface area (TPSA) is 70.8 Å². The maximum absolute atomic E-state index is 14.2. The number of rotatable bonds is 3. The van der Waals surface area contributed by atoms with E-state index in [0.29, 0.717) is 17.6 Å². The number of anilines is 1. The Labute approximate surface area is 180 Å². The Balaban J connectivity index is 1.53. The van der Waals surface area contributed by atoms with Crippen molar-refractivity contribution in [2.24, 2.45) is 0 Å². The Bertz CT molecular complexity index is 1280. The SMILES string of the molecule is CC1CCCCN1c1ccc(-c2nc(-c3cc(F)c4[nH]cnc4c3)no2)cc1C(F)(F)F. The third-order valence-corrected chi connectivity index (χ3v) is 5.83. The first-order chi connectivity index (χ1) is 15.3. The number of imidazole rings is 1. The van der Waals surface area contributed by atoms with Crippen LogP contribution in [0, 0.1) is 5.82 Å². The summed E-state index contributed by atoms with van der Waals surface area (Å²) in [5, 5.41) is 3.83. The minimum Gasteiger partial charge on any atom is -0.368 e. The molecule has 1 N–H and O–H groups in total. The summed E-state index contributed by atoms with van der Waals surface area (Å²) in [7, 11) is 0. The van der Waals surface area contributed by atoms with Crippen molar-refractivity contribution < 1.29 is 22.1 Å². The van der Waals surface area contributed by atoms with E-state index in [-0.39, 0.29) is 34.5 Å². The predicted molar refractivity (Wildman–Crippen MR) is 110 cm³/mol. The zero-order valence-corrected chi connectivity index (χ0v) is 17.1. The van der Waals surface area contributed by atoms with Gasteiger partial charge in [-0.2, -0.15) is 18.2 Å². The molecule has 0 bridgehead atoms. The van der Waals surface area contributed by atoms with Crippen molar-refractivity contribution in [2.75, 3.05) is 11.4 Å². The molecule has 1 unspecified atom stereocenters. The second kappa shape index (κ2) is 7.61. The van der Waals surface area contributed by atoms with Crippen LogP contribution in [0.4, 0.5) is 23.2 Å². The zero-order chi connectivity index (χ0) is 22.5. The first-order valence-corrected chi connectivity index (χ1v) is 10.3. The summed E-state index contributed by atoms with van der Waals surface area (Å²) in [6, 6.07) is 6.85. The lowest BCUT2D eigenvalue weighted by atomic mass is 9.99. The molecule has 2 aromatic heterocycles. The van der Waals surface area contributed by atoms with Crippen LogP contribution in [0.2, 0.25) is 0 Å². The average Bonchev–Trinajstić information content (AvgIpc) is 3.43. The van der Waals surface area contributed by atoms with Crippen LogP contribution in [0.15, 0.2) is 41.2 Å². The molecule has 1 aliphatic rings. The molecule has 0 saturated carbocycles. The van der Waals surface area contributed by atoms with E-state index in [0.717, 1.165) is 25.3 Å². The van der Waals surface area contributed by atoms with E-state index in [1.54, 1.807) is 17.0 Å². The molecule has 0 spiro atoms. The largest absolute Gasteiger partial charge is 0.418 e. The van der Waals surface area contributed by atoms with Crippen LogP contribution < -0.4 is 4.90 Å². The number of piperidine rings is 1. The van der Waals surface area contributed by atoms with Gasteiger partial charge in [0.05, 0.1) is 17.4 Å². The third-order valence-electron chi connectivity index (χ3n) is 5.83. The van der Waals surface area contributed by atoms with Crippen molar-refractivity contribution in [3.8, 4) is 22.8 Å². The molecule has 1 saturated heterocycles. The number of nitrogens with one attached hydrogen (secondary N) is 1.